The smallest absolute Gasteiger partial charge is 0.115 e. The summed E-state index contributed by atoms with van der Waals surface area (Å²) in [4.78, 5) is 0. The molecule has 0 radical (unpaired) electrons. The lowest BCUT2D eigenvalue weighted by Crippen LogP contribution is -2.24. The van der Waals surface area contributed by atoms with E-state index < -0.39 is 0 Å². The molecule has 1 atom stereocenters. The molecule has 0 fully saturated rings. The molecule has 74 valence electrons. The molecule has 0 bridgehead atoms. The average Bonchev–Trinajstić information content (AvgIpc) is 2.04. The molecule has 1 aromatic rings. The van der Waals surface area contributed by atoms with Crippen LogP contribution >= 0.6 is 24.0 Å². The van der Waals surface area contributed by atoms with E-state index in [0.29, 0.717) is 12.3 Å². The van der Waals surface area contributed by atoms with Gasteiger partial charge in [-0.25, -0.2) is 0 Å². The van der Waals surface area contributed by atoms with Crippen molar-refractivity contribution in [3.63, 3.8) is 0 Å². The van der Waals surface area contributed by atoms with E-state index in [0.717, 1.165) is 5.56 Å². The predicted octanol–water partition coefficient (Wildman–Crippen LogP) is 1.92. The molecular weight excluding hydrogens is 209 g/mol. The van der Waals surface area contributed by atoms with E-state index >= 15 is 0 Å². The normalized spacial score (nSPS) is 11.8. The Balaban J connectivity index is 0.00000144. The third-order valence-corrected chi connectivity index (χ3v) is 2.00. The third-order valence-electron chi connectivity index (χ3n) is 1.61. The zero-order valence-corrected chi connectivity index (χ0v) is 8.68. The Morgan fingerprint density at radius 3 is 2.69 bits per heavy atom. The zero-order chi connectivity index (χ0) is 8.97. The van der Waals surface area contributed by atoms with Gasteiger partial charge in [0.25, 0.3) is 0 Å². The fourth-order valence-corrected chi connectivity index (χ4v) is 1.15. The van der Waals surface area contributed by atoms with Gasteiger partial charge >= 0.3 is 0 Å². The number of benzene rings is 1. The molecule has 0 amide bonds. The number of halogens is 2. The van der Waals surface area contributed by atoms with Crippen LogP contribution in [0.15, 0.2) is 24.3 Å². The van der Waals surface area contributed by atoms with Crippen LogP contribution in [-0.2, 0) is 6.42 Å². The van der Waals surface area contributed by atoms with Crippen molar-refractivity contribution < 1.29 is 5.11 Å². The van der Waals surface area contributed by atoms with Crippen molar-refractivity contribution in [2.24, 2.45) is 5.73 Å². The van der Waals surface area contributed by atoms with E-state index in [-0.39, 0.29) is 24.2 Å². The van der Waals surface area contributed by atoms with Gasteiger partial charge in [-0.05, 0) is 24.1 Å². The lowest BCUT2D eigenvalue weighted by molar-refractivity contribution is 0.474. The van der Waals surface area contributed by atoms with Crippen molar-refractivity contribution in [1.82, 2.24) is 0 Å². The maximum Gasteiger partial charge on any atom is 0.115 e. The van der Waals surface area contributed by atoms with Gasteiger partial charge in [0, 0.05) is 11.9 Å². The van der Waals surface area contributed by atoms with Gasteiger partial charge in [0.05, 0.1) is 0 Å². The van der Waals surface area contributed by atoms with Gasteiger partial charge in [-0.15, -0.1) is 24.0 Å². The third kappa shape index (κ3) is 4.36. The summed E-state index contributed by atoms with van der Waals surface area (Å²) in [6.07, 6.45) is 0.706. The van der Waals surface area contributed by atoms with Crippen LogP contribution in [0.25, 0.3) is 0 Å². The zero-order valence-electron chi connectivity index (χ0n) is 7.11. The number of rotatable bonds is 3. The van der Waals surface area contributed by atoms with Gasteiger partial charge in [-0.1, -0.05) is 12.1 Å². The van der Waals surface area contributed by atoms with Crippen LogP contribution in [0.4, 0.5) is 0 Å². The van der Waals surface area contributed by atoms with Gasteiger partial charge < -0.3 is 10.8 Å². The molecule has 3 N–H and O–H groups in total. The first-order chi connectivity index (χ1) is 5.72. The monoisotopic (exact) mass is 221 g/mol. The summed E-state index contributed by atoms with van der Waals surface area (Å²) in [6, 6.07) is 7.02. The Kier molecular flexibility index (Phi) is 5.88. The first-order valence-corrected chi connectivity index (χ1v) is 4.35. The lowest BCUT2D eigenvalue weighted by Gasteiger charge is -2.07. The van der Waals surface area contributed by atoms with E-state index in [4.69, 9.17) is 22.4 Å². The molecule has 0 aromatic heterocycles. The Morgan fingerprint density at radius 2 is 2.15 bits per heavy atom. The quantitative estimate of drug-likeness (QED) is 0.767. The molecule has 0 saturated heterocycles. The maximum atomic E-state index is 9.12. The molecule has 13 heavy (non-hydrogen) atoms. The Hall–Kier alpha value is -0.440. The minimum atomic E-state index is -0.0338. The van der Waals surface area contributed by atoms with Crippen LogP contribution < -0.4 is 5.73 Å². The van der Waals surface area contributed by atoms with Gasteiger partial charge in [0.2, 0.25) is 0 Å². The molecule has 4 heteroatoms. The van der Waals surface area contributed by atoms with Crippen molar-refractivity contribution in [3.8, 4) is 5.75 Å². The van der Waals surface area contributed by atoms with E-state index in [1.165, 1.54) is 0 Å². The largest absolute Gasteiger partial charge is 0.508 e. The predicted molar refractivity (Wildman–Crippen MR) is 57.8 cm³/mol. The van der Waals surface area contributed by atoms with Crippen molar-refractivity contribution in [1.29, 1.82) is 0 Å². The molecule has 2 nitrogen and oxygen atoms in total. The number of hydrogen-bond acceptors (Lipinski definition) is 2. The van der Waals surface area contributed by atoms with Crippen LogP contribution in [0.5, 0.6) is 5.75 Å². The molecule has 0 heterocycles. The van der Waals surface area contributed by atoms with Crippen LogP contribution in [-0.4, -0.2) is 17.0 Å². The molecule has 0 aliphatic heterocycles. The number of phenolic OH excluding ortho intramolecular Hbond substituents is 1. The summed E-state index contributed by atoms with van der Waals surface area (Å²) in [6.45, 7) is 0. The van der Waals surface area contributed by atoms with E-state index in [1.807, 2.05) is 6.07 Å². The van der Waals surface area contributed by atoms with Gasteiger partial charge in [-0.3, -0.25) is 0 Å². The highest BCUT2D eigenvalue weighted by Gasteiger charge is 2.01. The first-order valence-electron chi connectivity index (χ1n) is 3.82. The fourth-order valence-electron chi connectivity index (χ4n) is 1.04. The Bertz CT molecular complexity index is 255. The molecule has 1 rings (SSSR count). The first kappa shape index (κ1) is 12.6. The summed E-state index contributed by atoms with van der Waals surface area (Å²) in [5.41, 5.74) is 6.66. The van der Waals surface area contributed by atoms with Gasteiger partial charge in [0.1, 0.15) is 5.75 Å². The maximum absolute atomic E-state index is 9.12. The van der Waals surface area contributed by atoms with Crippen molar-refractivity contribution in [2.75, 3.05) is 5.88 Å². The van der Waals surface area contributed by atoms with E-state index in [2.05, 4.69) is 0 Å². The van der Waals surface area contributed by atoms with Crippen molar-refractivity contribution in [2.45, 2.75) is 12.5 Å². The number of nitrogens with two attached hydrogens (primary N) is 1. The summed E-state index contributed by atoms with van der Waals surface area (Å²) >= 11 is 5.55. The highest BCUT2D eigenvalue weighted by Crippen LogP contribution is 2.12. The summed E-state index contributed by atoms with van der Waals surface area (Å²) < 4.78 is 0. The molecule has 0 aliphatic rings. The molecule has 1 aromatic carbocycles. The molecule has 0 spiro atoms. The van der Waals surface area contributed by atoms with Crippen LogP contribution in [0, 0.1) is 0 Å². The molecular formula is C9H13Cl2NO. The second-order valence-electron chi connectivity index (χ2n) is 2.79. The highest BCUT2D eigenvalue weighted by molar-refractivity contribution is 6.18. The lowest BCUT2D eigenvalue weighted by atomic mass is 10.1. The number of hydrogen-bond donors (Lipinski definition) is 2. The summed E-state index contributed by atoms with van der Waals surface area (Å²) in [5.74, 6) is 0.713. The number of phenols is 1. The summed E-state index contributed by atoms with van der Waals surface area (Å²) in [5, 5.41) is 9.12. The van der Waals surface area contributed by atoms with Gasteiger partial charge in [0.15, 0.2) is 0 Å². The number of aromatic hydroxyl groups is 1. The Labute approximate surface area is 89.1 Å². The molecule has 0 aliphatic carbocycles. The van der Waals surface area contributed by atoms with Crippen LogP contribution in [0.2, 0.25) is 0 Å². The topological polar surface area (TPSA) is 46.2 Å². The number of alkyl halides is 1. The standard InChI is InChI=1S/C9H12ClNO.ClH/c10-6-8(11)4-7-2-1-3-9(12)5-7;/h1-3,5,8,12H,4,6,11H2;1H. The van der Waals surface area contributed by atoms with E-state index in [9.17, 15) is 0 Å². The second kappa shape index (κ2) is 6.08. The van der Waals surface area contributed by atoms with Crippen molar-refractivity contribution in [3.05, 3.63) is 29.8 Å². The summed E-state index contributed by atoms with van der Waals surface area (Å²) in [7, 11) is 0. The second-order valence-corrected chi connectivity index (χ2v) is 3.10. The fraction of sp³-hybridized carbons (Fsp3) is 0.333. The van der Waals surface area contributed by atoms with Crippen LogP contribution in [0.1, 0.15) is 5.56 Å². The SMILES string of the molecule is Cl.NC(CCl)Cc1cccc(O)c1. The minimum absolute atomic E-state index is 0. The minimum Gasteiger partial charge on any atom is -0.508 e. The highest BCUT2D eigenvalue weighted by atomic mass is 35.5. The average molecular weight is 222 g/mol. The Morgan fingerprint density at radius 1 is 1.46 bits per heavy atom. The van der Waals surface area contributed by atoms with Crippen molar-refractivity contribution >= 4 is 24.0 Å². The van der Waals surface area contributed by atoms with Gasteiger partial charge in [-0.2, -0.15) is 0 Å². The molecule has 1 unspecified atom stereocenters. The van der Waals surface area contributed by atoms with Crippen LogP contribution in [0.3, 0.4) is 0 Å². The molecule has 0 saturated carbocycles. The van der Waals surface area contributed by atoms with E-state index in [1.54, 1.807) is 18.2 Å².